The van der Waals surface area contributed by atoms with Crippen molar-refractivity contribution in [2.75, 3.05) is 59.0 Å². The number of urea groups is 1. The van der Waals surface area contributed by atoms with E-state index in [1.54, 1.807) is 0 Å². The summed E-state index contributed by atoms with van der Waals surface area (Å²) >= 11 is 0. The summed E-state index contributed by atoms with van der Waals surface area (Å²) in [5.74, 6) is -1.02. The number of piperazine rings is 1. The normalized spacial score (nSPS) is 24.4. The first-order valence-corrected chi connectivity index (χ1v) is 6.97. The van der Waals surface area contributed by atoms with E-state index in [0.29, 0.717) is 13.1 Å². The Morgan fingerprint density at radius 1 is 1.30 bits per heavy atom. The topological polar surface area (TPSA) is 94.1 Å². The molecule has 0 aromatic rings. The molecule has 0 radical (unpaired) electrons. The molecule has 114 valence electrons. The van der Waals surface area contributed by atoms with E-state index in [9.17, 15) is 9.59 Å². The second-order valence-corrected chi connectivity index (χ2v) is 4.97. The number of carboxylic acid groups (broad SMARTS) is 1. The van der Waals surface area contributed by atoms with Crippen LogP contribution in [0.5, 0.6) is 0 Å². The number of hydrogen-bond acceptors (Lipinski definition) is 5. The van der Waals surface area contributed by atoms with Gasteiger partial charge in [0.15, 0.2) is 6.10 Å². The first-order valence-electron chi connectivity index (χ1n) is 6.97. The highest BCUT2D eigenvalue weighted by Crippen LogP contribution is 2.05. The lowest BCUT2D eigenvalue weighted by Crippen LogP contribution is -2.53. The van der Waals surface area contributed by atoms with Gasteiger partial charge in [0.05, 0.1) is 13.2 Å². The number of amides is 2. The fraction of sp³-hybridized carbons (Fsp3) is 0.833. The van der Waals surface area contributed by atoms with E-state index in [1.165, 1.54) is 4.90 Å². The third-order valence-electron chi connectivity index (χ3n) is 3.54. The molecule has 0 bridgehead atoms. The number of hydrogen-bond donors (Lipinski definition) is 3. The lowest BCUT2D eigenvalue weighted by molar-refractivity contribution is -0.154. The van der Waals surface area contributed by atoms with Gasteiger partial charge in [-0.2, -0.15) is 0 Å². The zero-order chi connectivity index (χ0) is 14.4. The van der Waals surface area contributed by atoms with Crippen LogP contribution < -0.4 is 10.6 Å². The van der Waals surface area contributed by atoms with E-state index in [4.69, 9.17) is 9.84 Å². The molecule has 0 aromatic heterocycles. The van der Waals surface area contributed by atoms with Crippen molar-refractivity contribution in [2.24, 2.45) is 0 Å². The second kappa shape index (κ2) is 7.41. The Balaban J connectivity index is 1.67. The highest BCUT2D eigenvalue weighted by atomic mass is 16.5. The molecule has 3 N–H and O–H groups in total. The minimum Gasteiger partial charge on any atom is -0.479 e. The van der Waals surface area contributed by atoms with Crippen LogP contribution in [0.3, 0.4) is 0 Å². The number of rotatable bonds is 4. The standard InChI is InChI=1S/C12H22N4O4/c17-11(18)10-9-16(7-8-20-10)12(19)14-3-6-15-4-1-13-2-5-15/h10,13H,1-9H2,(H,14,19)(H,17,18). The molecule has 1 unspecified atom stereocenters. The summed E-state index contributed by atoms with van der Waals surface area (Å²) in [6.45, 7) is 6.16. The molecule has 2 heterocycles. The zero-order valence-corrected chi connectivity index (χ0v) is 11.5. The van der Waals surface area contributed by atoms with Crippen molar-refractivity contribution in [1.82, 2.24) is 20.4 Å². The minimum absolute atomic E-state index is 0.106. The predicted octanol–water partition coefficient (Wildman–Crippen LogP) is -1.61. The van der Waals surface area contributed by atoms with Gasteiger partial charge in [0.2, 0.25) is 0 Å². The van der Waals surface area contributed by atoms with Crippen LogP contribution in [0, 0.1) is 0 Å². The second-order valence-electron chi connectivity index (χ2n) is 4.97. The van der Waals surface area contributed by atoms with Crippen LogP contribution in [0.25, 0.3) is 0 Å². The number of carbonyl (C=O) groups is 2. The average molecular weight is 286 g/mol. The van der Waals surface area contributed by atoms with Gasteiger partial charge in [-0.15, -0.1) is 0 Å². The van der Waals surface area contributed by atoms with Crippen LogP contribution in [-0.4, -0.2) is 92.0 Å². The Hall–Kier alpha value is -1.38. The van der Waals surface area contributed by atoms with Crippen LogP contribution in [0.1, 0.15) is 0 Å². The molecule has 2 amide bonds. The monoisotopic (exact) mass is 286 g/mol. The van der Waals surface area contributed by atoms with Gasteiger partial charge in [-0.25, -0.2) is 9.59 Å². The Kier molecular flexibility index (Phi) is 5.57. The van der Waals surface area contributed by atoms with Crippen molar-refractivity contribution in [3.63, 3.8) is 0 Å². The van der Waals surface area contributed by atoms with Crippen LogP contribution >= 0.6 is 0 Å². The predicted molar refractivity (Wildman–Crippen MR) is 71.7 cm³/mol. The van der Waals surface area contributed by atoms with E-state index < -0.39 is 12.1 Å². The minimum atomic E-state index is -1.02. The van der Waals surface area contributed by atoms with Crippen molar-refractivity contribution < 1.29 is 19.4 Å². The van der Waals surface area contributed by atoms with Gasteiger partial charge in [-0.3, -0.25) is 4.90 Å². The summed E-state index contributed by atoms with van der Waals surface area (Å²) in [6.07, 6.45) is -0.914. The van der Waals surface area contributed by atoms with Crippen molar-refractivity contribution in [3.8, 4) is 0 Å². The quantitative estimate of drug-likeness (QED) is 0.575. The molecule has 2 rings (SSSR count). The molecule has 8 heteroatoms. The third kappa shape index (κ3) is 4.32. The summed E-state index contributed by atoms with van der Waals surface area (Å²) in [6, 6.07) is -0.213. The molecule has 20 heavy (non-hydrogen) atoms. The van der Waals surface area contributed by atoms with E-state index in [-0.39, 0.29) is 19.2 Å². The Morgan fingerprint density at radius 2 is 2.05 bits per heavy atom. The van der Waals surface area contributed by atoms with Crippen molar-refractivity contribution in [3.05, 3.63) is 0 Å². The molecule has 8 nitrogen and oxygen atoms in total. The summed E-state index contributed by atoms with van der Waals surface area (Å²) in [5, 5.41) is 15.0. The SMILES string of the molecule is O=C(O)C1CN(C(=O)NCCN2CCNCC2)CCO1. The van der Waals surface area contributed by atoms with Gasteiger partial charge in [-0.05, 0) is 0 Å². The van der Waals surface area contributed by atoms with Crippen LogP contribution in [0.15, 0.2) is 0 Å². The summed E-state index contributed by atoms with van der Waals surface area (Å²) in [7, 11) is 0. The lowest BCUT2D eigenvalue weighted by atomic mass is 10.3. The molecule has 2 aliphatic rings. The van der Waals surface area contributed by atoms with Gasteiger partial charge < -0.3 is 25.4 Å². The lowest BCUT2D eigenvalue weighted by Gasteiger charge is -2.31. The number of nitrogens with zero attached hydrogens (tertiary/aromatic N) is 2. The third-order valence-corrected chi connectivity index (χ3v) is 3.54. The van der Waals surface area contributed by atoms with Gasteiger partial charge in [-0.1, -0.05) is 0 Å². The number of ether oxygens (including phenoxy) is 1. The Morgan fingerprint density at radius 3 is 2.75 bits per heavy atom. The molecule has 1 atom stereocenters. The summed E-state index contributed by atoms with van der Waals surface area (Å²) in [5.41, 5.74) is 0. The molecular weight excluding hydrogens is 264 g/mol. The largest absolute Gasteiger partial charge is 0.479 e. The zero-order valence-electron chi connectivity index (χ0n) is 11.5. The maximum atomic E-state index is 11.9. The fourth-order valence-electron chi connectivity index (χ4n) is 2.35. The van der Waals surface area contributed by atoms with Gasteiger partial charge >= 0.3 is 12.0 Å². The number of nitrogens with one attached hydrogen (secondary N) is 2. The smallest absolute Gasteiger partial charge is 0.334 e. The molecule has 0 saturated carbocycles. The number of carbonyl (C=O) groups excluding carboxylic acids is 1. The first-order chi connectivity index (χ1) is 9.66. The van der Waals surface area contributed by atoms with Crippen LogP contribution in [-0.2, 0) is 9.53 Å². The highest BCUT2D eigenvalue weighted by Gasteiger charge is 2.28. The number of morpholine rings is 1. The van der Waals surface area contributed by atoms with E-state index in [0.717, 1.165) is 32.7 Å². The van der Waals surface area contributed by atoms with Crippen molar-refractivity contribution in [1.29, 1.82) is 0 Å². The maximum absolute atomic E-state index is 11.9. The molecule has 0 spiro atoms. The Bertz CT molecular complexity index is 346. The molecule has 2 aliphatic heterocycles. The molecule has 2 fully saturated rings. The summed E-state index contributed by atoms with van der Waals surface area (Å²) < 4.78 is 5.08. The molecular formula is C12H22N4O4. The van der Waals surface area contributed by atoms with E-state index >= 15 is 0 Å². The summed E-state index contributed by atoms with van der Waals surface area (Å²) in [4.78, 5) is 26.6. The fourth-order valence-corrected chi connectivity index (χ4v) is 2.35. The average Bonchev–Trinajstić information content (AvgIpc) is 2.48. The Labute approximate surface area is 118 Å². The molecule has 0 aromatic carbocycles. The van der Waals surface area contributed by atoms with Crippen molar-refractivity contribution in [2.45, 2.75) is 6.10 Å². The van der Waals surface area contributed by atoms with E-state index in [2.05, 4.69) is 15.5 Å². The van der Waals surface area contributed by atoms with Gasteiger partial charge in [0.1, 0.15) is 0 Å². The van der Waals surface area contributed by atoms with E-state index in [1.807, 2.05) is 0 Å². The highest BCUT2D eigenvalue weighted by molar-refractivity contribution is 5.77. The number of carboxylic acids is 1. The molecule has 2 saturated heterocycles. The molecule has 0 aliphatic carbocycles. The first kappa shape index (κ1) is 15.0. The number of aliphatic carboxylic acids is 1. The van der Waals surface area contributed by atoms with Crippen LogP contribution in [0.2, 0.25) is 0 Å². The van der Waals surface area contributed by atoms with Gasteiger partial charge in [0.25, 0.3) is 0 Å². The maximum Gasteiger partial charge on any atom is 0.334 e. The van der Waals surface area contributed by atoms with Crippen LogP contribution in [0.4, 0.5) is 4.79 Å². The van der Waals surface area contributed by atoms with Gasteiger partial charge in [0, 0.05) is 45.8 Å². The van der Waals surface area contributed by atoms with Crippen molar-refractivity contribution >= 4 is 12.0 Å².